The van der Waals surface area contributed by atoms with Crippen LogP contribution in [0.4, 0.5) is 11.4 Å². The summed E-state index contributed by atoms with van der Waals surface area (Å²) in [4.78, 5) is 12.4. The Kier molecular flexibility index (Phi) is 3.44. The average Bonchev–Trinajstić information content (AvgIpc) is 2.55. The van der Waals surface area contributed by atoms with E-state index in [-0.39, 0.29) is 5.91 Å². The lowest BCUT2D eigenvalue weighted by molar-refractivity contribution is 0.102. The molecule has 3 rings (SSSR count). The van der Waals surface area contributed by atoms with E-state index in [0.29, 0.717) is 29.2 Å². The van der Waals surface area contributed by atoms with E-state index < -0.39 is 0 Å². The Morgan fingerprint density at radius 3 is 2.81 bits per heavy atom. The van der Waals surface area contributed by atoms with Crippen LogP contribution in [0.5, 0.6) is 5.75 Å². The van der Waals surface area contributed by atoms with Gasteiger partial charge in [0.05, 0.1) is 22.9 Å². The van der Waals surface area contributed by atoms with Crippen LogP contribution in [0.15, 0.2) is 42.5 Å². The van der Waals surface area contributed by atoms with Crippen LogP contribution in [0.3, 0.4) is 0 Å². The molecule has 1 heterocycles. The third kappa shape index (κ3) is 2.65. The third-order valence-corrected chi connectivity index (χ3v) is 3.20. The van der Waals surface area contributed by atoms with Gasteiger partial charge >= 0.3 is 0 Å². The minimum Gasteiger partial charge on any atom is -0.489 e. The zero-order valence-electron chi connectivity index (χ0n) is 11.2. The van der Waals surface area contributed by atoms with Crippen molar-refractivity contribution in [3.8, 4) is 11.8 Å². The Morgan fingerprint density at radius 1 is 1.24 bits per heavy atom. The van der Waals surface area contributed by atoms with Crippen LogP contribution in [0.2, 0.25) is 0 Å². The molecule has 1 amide bonds. The lowest BCUT2D eigenvalue weighted by Crippen LogP contribution is -2.21. The lowest BCUT2D eigenvalue weighted by Gasteiger charge is -2.21. The van der Waals surface area contributed by atoms with Crippen LogP contribution in [0.1, 0.15) is 15.9 Å². The van der Waals surface area contributed by atoms with Crippen LogP contribution in [-0.2, 0) is 0 Å². The van der Waals surface area contributed by atoms with Gasteiger partial charge < -0.3 is 15.4 Å². The zero-order valence-corrected chi connectivity index (χ0v) is 11.2. The highest BCUT2D eigenvalue weighted by Gasteiger charge is 2.18. The maximum absolute atomic E-state index is 12.4. The van der Waals surface area contributed by atoms with Gasteiger partial charge in [0.1, 0.15) is 6.61 Å². The van der Waals surface area contributed by atoms with Gasteiger partial charge in [0, 0.05) is 12.2 Å². The number of carbonyl (C=O) groups excluding carboxylic acids is 1. The Labute approximate surface area is 122 Å². The summed E-state index contributed by atoms with van der Waals surface area (Å²) in [5.41, 5.74) is 2.51. The molecule has 0 fully saturated rings. The molecule has 1 aliphatic heterocycles. The smallest absolute Gasteiger partial charge is 0.259 e. The number of ether oxygens (including phenoxy) is 1. The van der Waals surface area contributed by atoms with Crippen LogP contribution < -0.4 is 15.4 Å². The minimum absolute atomic E-state index is 0.236. The summed E-state index contributed by atoms with van der Waals surface area (Å²) in [6.45, 7) is 1.27. The highest BCUT2D eigenvalue weighted by atomic mass is 16.5. The molecule has 0 radical (unpaired) electrons. The van der Waals surface area contributed by atoms with E-state index >= 15 is 0 Å². The van der Waals surface area contributed by atoms with E-state index in [1.54, 1.807) is 30.3 Å². The van der Waals surface area contributed by atoms with E-state index in [1.807, 2.05) is 18.2 Å². The fourth-order valence-electron chi connectivity index (χ4n) is 2.18. The highest BCUT2D eigenvalue weighted by Crippen LogP contribution is 2.31. The SMILES string of the molecule is N#Cc1ccc(NC(=O)c2cccc3c2OCCN3)cc1. The average molecular weight is 279 g/mol. The molecule has 2 aromatic rings. The highest BCUT2D eigenvalue weighted by molar-refractivity contribution is 6.07. The largest absolute Gasteiger partial charge is 0.489 e. The topological polar surface area (TPSA) is 74.2 Å². The molecule has 2 aromatic carbocycles. The summed E-state index contributed by atoms with van der Waals surface area (Å²) >= 11 is 0. The van der Waals surface area contributed by atoms with Gasteiger partial charge in [-0.25, -0.2) is 0 Å². The van der Waals surface area contributed by atoms with Crippen molar-refractivity contribution in [1.29, 1.82) is 5.26 Å². The summed E-state index contributed by atoms with van der Waals surface area (Å²) in [5.74, 6) is 0.343. The molecule has 0 unspecified atom stereocenters. The van der Waals surface area contributed by atoms with Crippen LogP contribution in [0, 0.1) is 11.3 Å². The van der Waals surface area contributed by atoms with Crippen molar-refractivity contribution in [2.75, 3.05) is 23.8 Å². The Balaban J connectivity index is 1.84. The molecule has 0 saturated carbocycles. The molecule has 104 valence electrons. The molecule has 1 aliphatic rings. The zero-order chi connectivity index (χ0) is 14.7. The molecule has 0 spiro atoms. The Hall–Kier alpha value is -3.00. The van der Waals surface area contributed by atoms with E-state index in [9.17, 15) is 4.79 Å². The maximum atomic E-state index is 12.4. The third-order valence-electron chi connectivity index (χ3n) is 3.20. The van der Waals surface area contributed by atoms with Gasteiger partial charge in [0.25, 0.3) is 5.91 Å². The van der Waals surface area contributed by atoms with Gasteiger partial charge in [0.15, 0.2) is 5.75 Å². The van der Waals surface area contributed by atoms with E-state index in [2.05, 4.69) is 10.6 Å². The first-order valence-electron chi connectivity index (χ1n) is 6.59. The fourth-order valence-corrected chi connectivity index (χ4v) is 2.18. The second-order valence-electron chi connectivity index (χ2n) is 4.60. The number of nitriles is 1. The number of rotatable bonds is 2. The second-order valence-corrected chi connectivity index (χ2v) is 4.60. The van der Waals surface area contributed by atoms with E-state index in [1.165, 1.54) is 0 Å². The summed E-state index contributed by atoms with van der Waals surface area (Å²) in [6.07, 6.45) is 0. The molecular formula is C16H13N3O2. The number of amides is 1. The molecule has 0 atom stereocenters. The Bertz CT molecular complexity index is 717. The summed E-state index contributed by atoms with van der Waals surface area (Å²) < 4.78 is 5.58. The molecule has 0 saturated heterocycles. The van der Waals surface area contributed by atoms with Crippen molar-refractivity contribution >= 4 is 17.3 Å². The van der Waals surface area contributed by atoms with Crippen molar-refractivity contribution in [3.63, 3.8) is 0 Å². The van der Waals surface area contributed by atoms with Crippen molar-refractivity contribution < 1.29 is 9.53 Å². The Morgan fingerprint density at radius 2 is 2.05 bits per heavy atom. The second kappa shape index (κ2) is 5.55. The first kappa shape index (κ1) is 13.0. The maximum Gasteiger partial charge on any atom is 0.259 e. The molecule has 0 aromatic heterocycles. The van der Waals surface area contributed by atoms with Crippen LogP contribution in [0.25, 0.3) is 0 Å². The number of para-hydroxylation sites is 1. The first-order chi connectivity index (χ1) is 10.3. The molecule has 5 heteroatoms. The van der Waals surface area contributed by atoms with Gasteiger partial charge in [-0.15, -0.1) is 0 Å². The first-order valence-corrected chi connectivity index (χ1v) is 6.59. The molecule has 0 aliphatic carbocycles. The molecular weight excluding hydrogens is 266 g/mol. The summed E-state index contributed by atoms with van der Waals surface area (Å²) in [5, 5.41) is 14.8. The monoisotopic (exact) mass is 279 g/mol. The molecule has 2 N–H and O–H groups in total. The normalized spacial score (nSPS) is 12.3. The van der Waals surface area contributed by atoms with Crippen molar-refractivity contribution in [2.45, 2.75) is 0 Å². The number of anilines is 2. The molecule has 5 nitrogen and oxygen atoms in total. The van der Waals surface area contributed by atoms with Gasteiger partial charge in [0.2, 0.25) is 0 Å². The molecule has 21 heavy (non-hydrogen) atoms. The van der Waals surface area contributed by atoms with Gasteiger partial charge in [-0.05, 0) is 36.4 Å². The number of hydrogen-bond donors (Lipinski definition) is 2. The van der Waals surface area contributed by atoms with Crippen LogP contribution >= 0.6 is 0 Å². The van der Waals surface area contributed by atoms with E-state index in [4.69, 9.17) is 10.00 Å². The standard InChI is InChI=1S/C16H13N3O2/c17-10-11-4-6-12(7-5-11)19-16(20)13-2-1-3-14-15(13)21-9-8-18-14/h1-7,18H,8-9H2,(H,19,20). The number of carbonyl (C=O) groups is 1. The fraction of sp³-hybridized carbons (Fsp3) is 0.125. The number of nitrogens with one attached hydrogen (secondary N) is 2. The van der Waals surface area contributed by atoms with Crippen molar-refractivity contribution in [2.24, 2.45) is 0 Å². The van der Waals surface area contributed by atoms with Gasteiger partial charge in [-0.1, -0.05) is 6.07 Å². The number of benzene rings is 2. The lowest BCUT2D eigenvalue weighted by atomic mass is 10.1. The number of hydrogen-bond acceptors (Lipinski definition) is 4. The number of nitrogens with zero attached hydrogens (tertiary/aromatic N) is 1. The van der Waals surface area contributed by atoms with Crippen molar-refractivity contribution in [1.82, 2.24) is 0 Å². The van der Waals surface area contributed by atoms with Crippen LogP contribution in [-0.4, -0.2) is 19.1 Å². The predicted octanol–water partition coefficient (Wildman–Crippen LogP) is 2.61. The quantitative estimate of drug-likeness (QED) is 0.886. The van der Waals surface area contributed by atoms with Gasteiger partial charge in [-0.3, -0.25) is 4.79 Å². The predicted molar refractivity (Wildman–Crippen MR) is 79.5 cm³/mol. The van der Waals surface area contributed by atoms with Gasteiger partial charge in [-0.2, -0.15) is 5.26 Å². The molecule has 0 bridgehead atoms. The minimum atomic E-state index is -0.236. The summed E-state index contributed by atoms with van der Waals surface area (Å²) in [6, 6.07) is 14.2. The van der Waals surface area contributed by atoms with Crippen molar-refractivity contribution in [3.05, 3.63) is 53.6 Å². The summed E-state index contributed by atoms with van der Waals surface area (Å²) in [7, 11) is 0. The number of fused-ring (bicyclic) bond motifs is 1. The van der Waals surface area contributed by atoms with E-state index in [0.717, 1.165) is 12.2 Å².